The molecule has 0 unspecified atom stereocenters. The van der Waals surface area contributed by atoms with Gasteiger partial charge >= 0.3 is 0 Å². The average Bonchev–Trinajstić information content (AvgIpc) is 3.21. The van der Waals surface area contributed by atoms with Crippen LogP contribution in [0.5, 0.6) is 0 Å². The lowest BCUT2D eigenvalue weighted by Gasteiger charge is -2.28. The lowest BCUT2D eigenvalue weighted by Crippen LogP contribution is -2.11. The van der Waals surface area contributed by atoms with Crippen LogP contribution in [0, 0.1) is 0 Å². The monoisotopic (exact) mass is 647 g/mol. The second kappa shape index (κ2) is 12.0. The van der Waals surface area contributed by atoms with E-state index in [0.29, 0.717) is 0 Å². The van der Waals surface area contributed by atoms with Crippen LogP contribution >= 0.6 is 0 Å². The van der Waals surface area contributed by atoms with Crippen LogP contribution in [0.3, 0.4) is 0 Å². The maximum Gasteiger partial charge on any atom is 0.0540 e. The predicted molar refractivity (Wildman–Crippen MR) is 220 cm³/mol. The number of hydrogen-bond donors (Lipinski definition) is 0. The molecular weight excluding hydrogens is 615 g/mol. The number of nitrogens with zero attached hydrogens (tertiary/aromatic N) is 1. The standard InChI is InChI=1S/C50H33N/c1-2-10-35(11-3-1)45-15-8-9-17-49(45)51(43-31-28-38-19-18-36-12-4-6-14-44(36)47(38)33-43)42-29-26-34(27-30-42)41-25-22-39-21-24-40-23-20-37-13-5-7-16-46(37)50(40)48(39)32-41/h1-33H. The van der Waals surface area contributed by atoms with E-state index in [4.69, 9.17) is 0 Å². The number of rotatable bonds is 5. The molecule has 0 aliphatic rings. The Kier molecular flexibility index (Phi) is 6.89. The molecule has 51 heavy (non-hydrogen) atoms. The summed E-state index contributed by atoms with van der Waals surface area (Å²) in [5.41, 5.74) is 8.16. The maximum atomic E-state index is 2.41. The number of anilines is 3. The van der Waals surface area contributed by atoms with Gasteiger partial charge < -0.3 is 4.90 Å². The molecule has 0 heterocycles. The van der Waals surface area contributed by atoms with Gasteiger partial charge in [0.25, 0.3) is 0 Å². The van der Waals surface area contributed by atoms with E-state index in [-0.39, 0.29) is 0 Å². The lowest BCUT2D eigenvalue weighted by atomic mass is 9.94. The Labute approximate surface area is 297 Å². The van der Waals surface area contributed by atoms with Crippen molar-refractivity contribution in [3.63, 3.8) is 0 Å². The van der Waals surface area contributed by atoms with Crippen LogP contribution in [0.4, 0.5) is 17.1 Å². The van der Waals surface area contributed by atoms with Crippen molar-refractivity contribution < 1.29 is 0 Å². The zero-order valence-electron chi connectivity index (χ0n) is 28.0. The van der Waals surface area contributed by atoms with E-state index < -0.39 is 0 Å². The Morgan fingerprint density at radius 2 is 0.804 bits per heavy atom. The SMILES string of the molecule is c1ccc(-c2ccccc2N(c2ccc(-c3ccc4ccc5ccc6ccccc6c5c4c3)cc2)c2ccc3ccc4ccccc4c3c2)cc1. The molecule has 0 aliphatic heterocycles. The van der Waals surface area contributed by atoms with Gasteiger partial charge in [0.1, 0.15) is 0 Å². The van der Waals surface area contributed by atoms with Gasteiger partial charge in [0.15, 0.2) is 0 Å². The number of hydrogen-bond acceptors (Lipinski definition) is 1. The van der Waals surface area contributed by atoms with Crippen LogP contribution in [0.15, 0.2) is 200 Å². The highest BCUT2D eigenvalue weighted by atomic mass is 15.1. The topological polar surface area (TPSA) is 3.24 Å². The average molecular weight is 648 g/mol. The van der Waals surface area contributed by atoms with Crippen LogP contribution < -0.4 is 4.90 Å². The molecule has 0 radical (unpaired) electrons. The van der Waals surface area contributed by atoms with Gasteiger partial charge in [-0.2, -0.15) is 0 Å². The Balaban J connectivity index is 1.14. The van der Waals surface area contributed by atoms with Gasteiger partial charge in [-0.25, -0.2) is 0 Å². The fraction of sp³-hybridized carbons (Fsp3) is 0. The Hall–Kier alpha value is -6.70. The van der Waals surface area contributed by atoms with Crippen LogP contribution in [0.1, 0.15) is 0 Å². The third-order valence-electron chi connectivity index (χ3n) is 10.4. The van der Waals surface area contributed by atoms with Crippen molar-refractivity contribution in [3.05, 3.63) is 200 Å². The molecule has 0 spiro atoms. The Morgan fingerprint density at radius 1 is 0.275 bits per heavy atom. The highest BCUT2D eigenvalue weighted by molar-refractivity contribution is 6.20. The largest absolute Gasteiger partial charge is 0.310 e. The normalized spacial score (nSPS) is 11.5. The molecule has 0 aromatic heterocycles. The van der Waals surface area contributed by atoms with Gasteiger partial charge in [0.2, 0.25) is 0 Å². The molecule has 0 N–H and O–H groups in total. The van der Waals surface area contributed by atoms with E-state index in [2.05, 4.69) is 205 Å². The van der Waals surface area contributed by atoms with Crippen molar-refractivity contribution in [2.45, 2.75) is 0 Å². The van der Waals surface area contributed by atoms with Crippen LogP contribution in [-0.2, 0) is 0 Å². The third kappa shape index (κ3) is 5.02. The van der Waals surface area contributed by atoms with Crippen molar-refractivity contribution >= 4 is 70.9 Å². The molecule has 0 fully saturated rings. The fourth-order valence-electron chi connectivity index (χ4n) is 7.89. The summed E-state index contributed by atoms with van der Waals surface area (Å²) in [6, 6.07) is 73.1. The summed E-state index contributed by atoms with van der Waals surface area (Å²) in [4.78, 5) is 2.41. The van der Waals surface area contributed by atoms with Crippen LogP contribution in [0.25, 0.3) is 76.1 Å². The summed E-state index contributed by atoms with van der Waals surface area (Å²) in [7, 11) is 0. The quantitative estimate of drug-likeness (QED) is 0.168. The highest BCUT2D eigenvalue weighted by Gasteiger charge is 2.18. The molecule has 0 saturated heterocycles. The molecule has 10 rings (SSSR count). The van der Waals surface area contributed by atoms with Gasteiger partial charge in [-0.05, 0) is 107 Å². The number of para-hydroxylation sites is 1. The Morgan fingerprint density at radius 3 is 1.59 bits per heavy atom. The summed E-state index contributed by atoms with van der Waals surface area (Å²) in [6.45, 7) is 0. The van der Waals surface area contributed by atoms with Gasteiger partial charge in [-0.15, -0.1) is 0 Å². The molecule has 0 bridgehead atoms. The third-order valence-corrected chi connectivity index (χ3v) is 10.4. The first-order chi connectivity index (χ1) is 25.3. The molecular formula is C50H33N. The van der Waals surface area contributed by atoms with Gasteiger partial charge in [-0.3, -0.25) is 0 Å². The second-order valence-electron chi connectivity index (χ2n) is 13.3. The molecule has 1 nitrogen and oxygen atoms in total. The van der Waals surface area contributed by atoms with Crippen molar-refractivity contribution in [3.8, 4) is 22.3 Å². The summed E-state index contributed by atoms with van der Waals surface area (Å²) in [5.74, 6) is 0. The number of benzene rings is 10. The van der Waals surface area contributed by atoms with E-state index >= 15 is 0 Å². The lowest BCUT2D eigenvalue weighted by molar-refractivity contribution is 1.29. The highest BCUT2D eigenvalue weighted by Crippen LogP contribution is 2.43. The second-order valence-corrected chi connectivity index (χ2v) is 13.3. The minimum absolute atomic E-state index is 1.11. The first-order valence-electron chi connectivity index (χ1n) is 17.6. The van der Waals surface area contributed by atoms with E-state index in [9.17, 15) is 0 Å². The van der Waals surface area contributed by atoms with Crippen molar-refractivity contribution in [2.24, 2.45) is 0 Å². The molecule has 1 heteroatoms. The first kappa shape index (κ1) is 29.2. The van der Waals surface area contributed by atoms with Crippen molar-refractivity contribution in [2.75, 3.05) is 4.90 Å². The van der Waals surface area contributed by atoms with E-state index in [0.717, 1.165) is 17.1 Å². The van der Waals surface area contributed by atoms with E-state index in [1.807, 2.05) is 0 Å². The van der Waals surface area contributed by atoms with Crippen LogP contribution in [0.2, 0.25) is 0 Å². The molecule has 0 amide bonds. The van der Waals surface area contributed by atoms with Gasteiger partial charge in [-0.1, -0.05) is 164 Å². The fourth-order valence-corrected chi connectivity index (χ4v) is 7.89. The van der Waals surface area contributed by atoms with Crippen molar-refractivity contribution in [1.82, 2.24) is 0 Å². The van der Waals surface area contributed by atoms with Crippen molar-refractivity contribution in [1.29, 1.82) is 0 Å². The minimum atomic E-state index is 1.11. The molecule has 0 atom stereocenters. The molecule has 10 aromatic carbocycles. The first-order valence-corrected chi connectivity index (χ1v) is 17.6. The molecule has 238 valence electrons. The molecule has 0 saturated carbocycles. The van der Waals surface area contributed by atoms with E-state index in [1.165, 1.54) is 76.1 Å². The smallest absolute Gasteiger partial charge is 0.0540 e. The Bertz CT molecular complexity index is 2900. The zero-order valence-corrected chi connectivity index (χ0v) is 28.0. The van der Waals surface area contributed by atoms with E-state index in [1.54, 1.807) is 0 Å². The number of fused-ring (bicyclic) bond motifs is 8. The summed E-state index contributed by atoms with van der Waals surface area (Å²) < 4.78 is 0. The summed E-state index contributed by atoms with van der Waals surface area (Å²) in [5, 5.41) is 12.7. The predicted octanol–water partition coefficient (Wildman–Crippen LogP) is 14.3. The summed E-state index contributed by atoms with van der Waals surface area (Å²) in [6.07, 6.45) is 0. The summed E-state index contributed by atoms with van der Waals surface area (Å²) >= 11 is 0. The van der Waals surface area contributed by atoms with Gasteiger partial charge in [0, 0.05) is 16.9 Å². The zero-order chi connectivity index (χ0) is 33.7. The maximum absolute atomic E-state index is 2.41. The molecule has 10 aromatic rings. The van der Waals surface area contributed by atoms with Gasteiger partial charge in [0.05, 0.1) is 5.69 Å². The molecule has 0 aliphatic carbocycles. The minimum Gasteiger partial charge on any atom is -0.310 e. The van der Waals surface area contributed by atoms with Crippen LogP contribution in [-0.4, -0.2) is 0 Å².